The van der Waals surface area contributed by atoms with Crippen LogP contribution in [0.15, 0.2) is 6.07 Å². The lowest BCUT2D eigenvalue weighted by Gasteiger charge is -2.11. The minimum absolute atomic E-state index is 0.0230. The van der Waals surface area contributed by atoms with Crippen LogP contribution in [0.25, 0.3) is 0 Å². The second-order valence-electron chi connectivity index (χ2n) is 3.50. The summed E-state index contributed by atoms with van der Waals surface area (Å²) < 4.78 is 30.0. The summed E-state index contributed by atoms with van der Waals surface area (Å²) in [6, 6.07) is 1.41. The molecule has 0 atom stereocenters. The number of carbonyl (C=O) groups excluding carboxylic acids is 1. The summed E-state index contributed by atoms with van der Waals surface area (Å²) in [5.74, 6) is -0.494. The molecule has 0 aliphatic rings. The van der Waals surface area contributed by atoms with Crippen LogP contribution in [0.5, 0.6) is 0 Å². The van der Waals surface area contributed by atoms with Crippen molar-refractivity contribution in [3.63, 3.8) is 0 Å². The summed E-state index contributed by atoms with van der Waals surface area (Å²) in [6.07, 6.45) is -2.79. The van der Waals surface area contributed by atoms with Gasteiger partial charge in [-0.2, -0.15) is 0 Å². The number of carbonyl (C=O) groups is 1. The maximum Gasteiger partial charge on any atom is 0.310 e. The van der Waals surface area contributed by atoms with Crippen LogP contribution in [0, 0.1) is 6.92 Å². The zero-order valence-corrected chi connectivity index (χ0v) is 9.67. The Balaban J connectivity index is 3.03. The Labute approximate surface area is 97.8 Å². The molecule has 2 N–H and O–H groups in total. The highest BCUT2D eigenvalue weighted by molar-refractivity contribution is 5.73. The highest BCUT2D eigenvalue weighted by Crippen LogP contribution is 2.25. The van der Waals surface area contributed by atoms with E-state index in [1.54, 1.807) is 6.92 Å². The predicted octanol–water partition coefficient (Wildman–Crippen LogP) is 2.02. The van der Waals surface area contributed by atoms with Crippen LogP contribution in [0.1, 0.15) is 30.2 Å². The van der Waals surface area contributed by atoms with Gasteiger partial charge < -0.3 is 10.5 Å². The molecule has 0 radical (unpaired) electrons. The van der Waals surface area contributed by atoms with Crippen LogP contribution in [0.2, 0.25) is 0 Å². The molecule has 1 aromatic rings. The van der Waals surface area contributed by atoms with E-state index < -0.39 is 12.4 Å². The van der Waals surface area contributed by atoms with Crippen LogP contribution >= 0.6 is 0 Å². The van der Waals surface area contributed by atoms with Gasteiger partial charge in [-0.05, 0) is 31.0 Å². The largest absolute Gasteiger partial charge is 0.466 e. The molecule has 4 nitrogen and oxygen atoms in total. The number of halogens is 2. The summed E-state index contributed by atoms with van der Waals surface area (Å²) in [5, 5.41) is 0. The molecular formula is C11H14F2N2O2. The number of nitrogen functional groups attached to an aromatic ring is 1. The number of rotatable bonds is 4. The van der Waals surface area contributed by atoms with Crippen molar-refractivity contribution in [1.82, 2.24) is 4.98 Å². The Morgan fingerprint density at radius 1 is 1.59 bits per heavy atom. The molecule has 94 valence electrons. The molecule has 0 aromatic carbocycles. The first-order valence-corrected chi connectivity index (χ1v) is 5.15. The first-order chi connectivity index (χ1) is 7.95. The molecule has 0 fully saturated rings. The van der Waals surface area contributed by atoms with Gasteiger partial charge in [0.15, 0.2) is 0 Å². The van der Waals surface area contributed by atoms with Crippen molar-refractivity contribution in [2.45, 2.75) is 26.7 Å². The number of hydrogen-bond donors (Lipinski definition) is 1. The smallest absolute Gasteiger partial charge is 0.310 e. The maximum atomic E-state index is 12.6. The number of nitrogens with two attached hydrogens (primary N) is 1. The third-order valence-electron chi connectivity index (χ3n) is 2.28. The number of alkyl halides is 2. The lowest BCUT2D eigenvalue weighted by atomic mass is 10.0. The zero-order valence-electron chi connectivity index (χ0n) is 9.67. The van der Waals surface area contributed by atoms with Gasteiger partial charge in [0, 0.05) is 0 Å². The number of pyridine rings is 1. The highest BCUT2D eigenvalue weighted by atomic mass is 19.3. The molecule has 1 rings (SSSR count). The van der Waals surface area contributed by atoms with Crippen LogP contribution in [0.4, 0.5) is 14.6 Å². The average molecular weight is 244 g/mol. The molecule has 0 aliphatic heterocycles. The Kier molecular flexibility index (Phi) is 4.37. The topological polar surface area (TPSA) is 65.2 Å². The standard InChI is InChI=1S/C11H14F2N2O2/c1-3-17-9(16)5-7-4-8(14)15-10(6(7)2)11(12)13/h4,11H,3,5H2,1-2H3,(H2,14,15). The predicted molar refractivity (Wildman–Crippen MR) is 58.7 cm³/mol. The quantitative estimate of drug-likeness (QED) is 0.823. The van der Waals surface area contributed by atoms with E-state index in [4.69, 9.17) is 10.5 Å². The molecule has 1 heterocycles. The van der Waals surface area contributed by atoms with E-state index in [1.807, 2.05) is 0 Å². The second-order valence-corrected chi connectivity index (χ2v) is 3.50. The monoisotopic (exact) mass is 244 g/mol. The normalized spacial score (nSPS) is 10.6. The van der Waals surface area contributed by atoms with Crippen molar-refractivity contribution in [2.24, 2.45) is 0 Å². The lowest BCUT2D eigenvalue weighted by molar-refractivity contribution is -0.142. The van der Waals surface area contributed by atoms with Gasteiger partial charge in [-0.15, -0.1) is 0 Å². The number of hydrogen-bond acceptors (Lipinski definition) is 4. The van der Waals surface area contributed by atoms with E-state index in [1.165, 1.54) is 13.0 Å². The van der Waals surface area contributed by atoms with Crippen molar-refractivity contribution < 1.29 is 18.3 Å². The SMILES string of the molecule is CCOC(=O)Cc1cc(N)nc(C(F)F)c1C. The second kappa shape index (κ2) is 5.56. The van der Waals surface area contributed by atoms with Crippen LogP contribution in [-0.4, -0.2) is 17.6 Å². The summed E-state index contributed by atoms with van der Waals surface area (Å²) in [6.45, 7) is 3.42. The maximum absolute atomic E-state index is 12.6. The van der Waals surface area contributed by atoms with Gasteiger partial charge in [0.2, 0.25) is 0 Å². The lowest BCUT2D eigenvalue weighted by Crippen LogP contribution is -2.11. The molecule has 1 aromatic heterocycles. The number of anilines is 1. The number of ether oxygens (including phenoxy) is 1. The Morgan fingerprint density at radius 3 is 2.76 bits per heavy atom. The fraction of sp³-hybridized carbons (Fsp3) is 0.455. The first kappa shape index (κ1) is 13.3. The third-order valence-corrected chi connectivity index (χ3v) is 2.28. The Bertz CT molecular complexity index is 422. The van der Waals surface area contributed by atoms with E-state index in [-0.39, 0.29) is 30.1 Å². The number of nitrogens with zero attached hydrogens (tertiary/aromatic N) is 1. The van der Waals surface area contributed by atoms with Crippen molar-refractivity contribution in [3.05, 3.63) is 22.9 Å². The van der Waals surface area contributed by atoms with Gasteiger partial charge in [0.1, 0.15) is 11.5 Å². The molecule has 0 saturated heterocycles. The third kappa shape index (κ3) is 3.37. The fourth-order valence-electron chi connectivity index (χ4n) is 1.47. The molecule has 0 spiro atoms. The van der Waals surface area contributed by atoms with Crippen LogP contribution < -0.4 is 5.73 Å². The number of esters is 1. The van der Waals surface area contributed by atoms with Crippen LogP contribution in [-0.2, 0) is 16.0 Å². The minimum Gasteiger partial charge on any atom is -0.466 e. The molecule has 6 heteroatoms. The van der Waals surface area contributed by atoms with Crippen molar-refractivity contribution in [2.75, 3.05) is 12.3 Å². The summed E-state index contributed by atoms with van der Waals surface area (Å²) in [5.41, 5.74) is 5.74. The highest BCUT2D eigenvalue weighted by Gasteiger charge is 2.18. The molecule has 0 bridgehead atoms. The first-order valence-electron chi connectivity index (χ1n) is 5.15. The zero-order chi connectivity index (χ0) is 13.0. The van der Waals surface area contributed by atoms with Gasteiger partial charge in [-0.1, -0.05) is 0 Å². The minimum atomic E-state index is -2.71. The Morgan fingerprint density at radius 2 is 2.24 bits per heavy atom. The van der Waals surface area contributed by atoms with E-state index in [0.29, 0.717) is 5.56 Å². The van der Waals surface area contributed by atoms with E-state index in [0.717, 1.165) is 0 Å². The summed E-state index contributed by atoms with van der Waals surface area (Å²) in [7, 11) is 0. The van der Waals surface area contributed by atoms with Gasteiger partial charge in [-0.25, -0.2) is 13.8 Å². The summed E-state index contributed by atoms with van der Waals surface area (Å²) in [4.78, 5) is 14.8. The molecule has 0 saturated carbocycles. The average Bonchev–Trinajstić information content (AvgIpc) is 2.22. The fourth-order valence-corrected chi connectivity index (χ4v) is 1.47. The molecule has 0 unspecified atom stereocenters. The van der Waals surface area contributed by atoms with Crippen molar-refractivity contribution in [1.29, 1.82) is 0 Å². The van der Waals surface area contributed by atoms with Gasteiger partial charge in [-0.3, -0.25) is 4.79 Å². The summed E-state index contributed by atoms with van der Waals surface area (Å²) >= 11 is 0. The Hall–Kier alpha value is -1.72. The molecule has 0 aliphatic carbocycles. The van der Waals surface area contributed by atoms with Crippen LogP contribution in [0.3, 0.4) is 0 Å². The number of aromatic nitrogens is 1. The van der Waals surface area contributed by atoms with Gasteiger partial charge >= 0.3 is 5.97 Å². The van der Waals surface area contributed by atoms with E-state index >= 15 is 0 Å². The molecular weight excluding hydrogens is 230 g/mol. The van der Waals surface area contributed by atoms with Gasteiger partial charge in [0.05, 0.1) is 13.0 Å². The molecule has 17 heavy (non-hydrogen) atoms. The molecule has 0 amide bonds. The van der Waals surface area contributed by atoms with Crippen molar-refractivity contribution >= 4 is 11.8 Å². The van der Waals surface area contributed by atoms with E-state index in [9.17, 15) is 13.6 Å². The van der Waals surface area contributed by atoms with Gasteiger partial charge in [0.25, 0.3) is 6.43 Å². The van der Waals surface area contributed by atoms with Crippen molar-refractivity contribution in [3.8, 4) is 0 Å². The van der Waals surface area contributed by atoms with E-state index in [2.05, 4.69) is 4.98 Å².